The van der Waals surface area contributed by atoms with E-state index < -0.39 is 5.91 Å². The summed E-state index contributed by atoms with van der Waals surface area (Å²) in [5.74, 6) is -0.346. The second-order valence-corrected chi connectivity index (χ2v) is 5.73. The highest BCUT2D eigenvalue weighted by molar-refractivity contribution is 6.31. The fourth-order valence-electron chi connectivity index (χ4n) is 2.01. The third kappa shape index (κ3) is 3.55. The zero-order chi connectivity index (χ0) is 15.6. The molecule has 0 spiro atoms. The van der Waals surface area contributed by atoms with E-state index >= 15 is 0 Å². The van der Waals surface area contributed by atoms with E-state index in [0.717, 1.165) is 5.39 Å². The predicted molar refractivity (Wildman–Crippen MR) is 81.0 cm³/mol. The lowest BCUT2D eigenvalue weighted by molar-refractivity contribution is -0.122. The van der Waals surface area contributed by atoms with E-state index in [-0.39, 0.29) is 17.6 Å². The molecule has 5 nitrogen and oxygen atoms in total. The molecule has 1 aromatic carbocycles. The number of rotatable bonds is 3. The minimum atomic E-state index is -0.489. The van der Waals surface area contributed by atoms with E-state index in [1.165, 1.54) is 0 Å². The van der Waals surface area contributed by atoms with Crippen molar-refractivity contribution in [2.24, 2.45) is 5.92 Å². The molecule has 1 aromatic heterocycles. The van der Waals surface area contributed by atoms with Crippen LogP contribution in [0.3, 0.4) is 0 Å². The Hall–Kier alpha value is -2.01. The second-order valence-electron chi connectivity index (χ2n) is 5.30. The molecule has 2 N–H and O–H groups in total. The smallest absolute Gasteiger partial charge is 0.305 e. The quantitative estimate of drug-likeness (QED) is 0.855. The van der Waals surface area contributed by atoms with E-state index in [2.05, 4.69) is 10.9 Å². The van der Waals surface area contributed by atoms with Gasteiger partial charge < -0.3 is 4.42 Å². The summed E-state index contributed by atoms with van der Waals surface area (Å²) in [7, 11) is 0. The number of carbonyl (C=O) groups is 2. The first-order chi connectivity index (χ1) is 9.88. The number of amides is 2. The summed E-state index contributed by atoms with van der Waals surface area (Å²) in [5.41, 5.74) is 5.99. The van der Waals surface area contributed by atoms with E-state index in [9.17, 15) is 9.59 Å². The zero-order valence-electron chi connectivity index (χ0n) is 12.1. The first-order valence-electron chi connectivity index (χ1n) is 6.66. The van der Waals surface area contributed by atoms with Gasteiger partial charge in [-0.15, -0.1) is 0 Å². The molecule has 0 saturated carbocycles. The van der Waals surface area contributed by atoms with Gasteiger partial charge in [0.1, 0.15) is 5.58 Å². The molecule has 2 rings (SSSR count). The van der Waals surface area contributed by atoms with Crippen LogP contribution in [0.1, 0.15) is 36.4 Å². The van der Waals surface area contributed by atoms with E-state index in [1.807, 2.05) is 13.8 Å². The average molecular weight is 309 g/mol. The minimum absolute atomic E-state index is 0.164. The van der Waals surface area contributed by atoms with Crippen LogP contribution in [0.2, 0.25) is 5.02 Å². The Kier molecular flexibility index (Phi) is 4.53. The molecular formula is C15H17ClN2O3. The Labute approximate surface area is 127 Å². The monoisotopic (exact) mass is 308 g/mol. The van der Waals surface area contributed by atoms with Crippen LogP contribution in [0.25, 0.3) is 11.0 Å². The molecular weight excluding hydrogens is 292 g/mol. The Bertz CT molecular complexity index is 692. The van der Waals surface area contributed by atoms with Crippen LogP contribution in [0.4, 0.5) is 0 Å². The van der Waals surface area contributed by atoms with Crippen molar-refractivity contribution < 1.29 is 14.0 Å². The number of nitrogens with one attached hydrogen (secondary N) is 2. The van der Waals surface area contributed by atoms with Crippen molar-refractivity contribution in [3.63, 3.8) is 0 Å². The molecule has 0 aliphatic carbocycles. The van der Waals surface area contributed by atoms with Crippen LogP contribution in [-0.2, 0) is 4.79 Å². The highest BCUT2D eigenvalue weighted by atomic mass is 35.5. The van der Waals surface area contributed by atoms with Crippen LogP contribution >= 0.6 is 11.6 Å². The van der Waals surface area contributed by atoms with Gasteiger partial charge in [-0.1, -0.05) is 25.4 Å². The Balaban J connectivity index is 2.13. The molecule has 21 heavy (non-hydrogen) atoms. The molecule has 0 fully saturated rings. The van der Waals surface area contributed by atoms with Gasteiger partial charge >= 0.3 is 5.91 Å². The van der Waals surface area contributed by atoms with Crippen LogP contribution in [0, 0.1) is 12.8 Å². The number of aryl methyl sites for hydroxylation is 1. The fraction of sp³-hybridized carbons (Fsp3) is 0.333. The average Bonchev–Trinajstić information content (AvgIpc) is 2.73. The van der Waals surface area contributed by atoms with E-state index in [4.69, 9.17) is 16.0 Å². The Morgan fingerprint density at radius 1 is 1.29 bits per heavy atom. The summed E-state index contributed by atoms with van der Waals surface area (Å²) in [5, 5.41) is 1.35. The number of carbonyl (C=O) groups excluding carboxylic acids is 2. The molecule has 0 bridgehead atoms. The van der Waals surface area contributed by atoms with Gasteiger partial charge in [-0.25, -0.2) is 0 Å². The molecule has 6 heteroatoms. The molecule has 2 amide bonds. The molecule has 2 aromatic rings. The summed E-state index contributed by atoms with van der Waals surface area (Å²) in [6.07, 6.45) is 0.342. The third-order valence-corrected chi connectivity index (χ3v) is 3.25. The molecule has 0 saturated heterocycles. The highest BCUT2D eigenvalue weighted by Gasteiger charge is 2.18. The number of furan rings is 1. The lowest BCUT2D eigenvalue weighted by atomic mass is 10.1. The summed E-state index contributed by atoms with van der Waals surface area (Å²) in [6, 6.07) is 5.14. The van der Waals surface area contributed by atoms with Crippen molar-refractivity contribution in [2.45, 2.75) is 27.2 Å². The summed E-state index contributed by atoms with van der Waals surface area (Å²) in [4.78, 5) is 23.6. The summed E-state index contributed by atoms with van der Waals surface area (Å²) < 4.78 is 5.51. The van der Waals surface area contributed by atoms with E-state index in [0.29, 0.717) is 22.6 Å². The maximum atomic E-state index is 12.1. The van der Waals surface area contributed by atoms with Crippen molar-refractivity contribution >= 4 is 34.4 Å². The molecule has 0 aliphatic rings. The van der Waals surface area contributed by atoms with Crippen molar-refractivity contribution in [1.29, 1.82) is 0 Å². The summed E-state index contributed by atoms with van der Waals surface area (Å²) in [6.45, 7) is 5.62. The third-order valence-electron chi connectivity index (χ3n) is 3.01. The minimum Gasteiger partial charge on any atom is -0.451 e. The predicted octanol–water partition coefficient (Wildman–Crippen LogP) is 3.20. The zero-order valence-corrected chi connectivity index (χ0v) is 12.9. The second kappa shape index (κ2) is 6.18. The van der Waals surface area contributed by atoms with Gasteiger partial charge in [-0.2, -0.15) is 0 Å². The number of benzene rings is 1. The first kappa shape index (κ1) is 15.4. The largest absolute Gasteiger partial charge is 0.451 e. The topological polar surface area (TPSA) is 71.3 Å². The maximum Gasteiger partial charge on any atom is 0.305 e. The van der Waals surface area contributed by atoms with Gasteiger partial charge in [0.25, 0.3) is 0 Å². The van der Waals surface area contributed by atoms with Gasteiger partial charge in [0.05, 0.1) is 0 Å². The maximum absolute atomic E-state index is 12.1. The van der Waals surface area contributed by atoms with Crippen molar-refractivity contribution in [2.75, 3.05) is 0 Å². The fourth-order valence-corrected chi connectivity index (χ4v) is 2.19. The number of fused-ring (bicyclic) bond motifs is 1. The SMILES string of the molecule is Cc1c(C(=O)NNC(=O)CC(C)C)oc2ccc(Cl)cc12. The van der Waals surface area contributed by atoms with Gasteiger partial charge in [0, 0.05) is 22.4 Å². The summed E-state index contributed by atoms with van der Waals surface area (Å²) >= 11 is 5.93. The molecule has 0 atom stereocenters. The molecule has 1 heterocycles. The number of hydrogen-bond acceptors (Lipinski definition) is 3. The Morgan fingerprint density at radius 3 is 2.67 bits per heavy atom. The van der Waals surface area contributed by atoms with Crippen LogP contribution < -0.4 is 10.9 Å². The Morgan fingerprint density at radius 2 is 2.00 bits per heavy atom. The van der Waals surface area contributed by atoms with Crippen molar-refractivity contribution in [1.82, 2.24) is 10.9 Å². The van der Waals surface area contributed by atoms with Gasteiger partial charge in [-0.05, 0) is 31.0 Å². The normalized spacial score (nSPS) is 10.9. The van der Waals surface area contributed by atoms with Crippen molar-refractivity contribution in [3.05, 3.63) is 34.5 Å². The van der Waals surface area contributed by atoms with Crippen LogP contribution in [-0.4, -0.2) is 11.8 Å². The first-order valence-corrected chi connectivity index (χ1v) is 7.04. The van der Waals surface area contributed by atoms with Crippen LogP contribution in [0.15, 0.2) is 22.6 Å². The van der Waals surface area contributed by atoms with Gasteiger partial charge in [0.15, 0.2) is 5.76 Å². The van der Waals surface area contributed by atoms with E-state index in [1.54, 1.807) is 25.1 Å². The van der Waals surface area contributed by atoms with Crippen LogP contribution in [0.5, 0.6) is 0 Å². The molecule has 0 unspecified atom stereocenters. The number of hydrazine groups is 1. The highest BCUT2D eigenvalue weighted by Crippen LogP contribution is 2.27. The lowest BCUT2D eigenvalue weighted by Gasteiger charge is -2.07. The number of hydrogen-bond donors (Lipinski definition) is 2. The molecule has 0 aliphatic heterocycles. The van der Waals surface area contributed by atoms with Crippen molar-refractivity contribution in [3.8, 4) is 0 Å². The standard InChI is InChI=1S/C15H17ClN2O3/c1-8(2)6-13(19)17-18-15(20)14-9(3)11-7-10(16)4-5-12(11)21-14/h4-5,7-8H,6H2,1-3H3,(H,17,19)(H,18,20). The number of halogens is 1. The molecule has 112 valence electrons. The lowest BCUT2D eigenvalue weighted by Crippen LogP contribution is -2.42. The van der Waals surface area contributed by atoms with Gasteiger partial charge in [-0.3, -0.25) is 20.4 Å². The van der Waals surface area contributed by atoms with Gasteiger partial charge in [0.2, 0.25) is 5.91 Å². The molecule has 0 radical (unpaired) electrons.